The molecule has 0 spiro atoms. The largest absolute Gasteiger partial charge is 0.352 e. The fourth-order valence-corrected chi connectivity index (χ4v) is 3.04. The minimum absolute atomic E-state index is 0.164. The molecule has 0 atom stereocenters. The summed E-state index contributed by atoms with van der Waals surface area (Å²) in [6.45, 7) is 0.203. The molecule has 0 unspecified atom stereocenters. The Kier molecular flexibility index (Phi) is 5.86. The summed E-state index contributed by atoms with van der Waals surface area (Å²) in [7, 11) is -1.07. The zero-order valence-electron chi connectivity index (χ0n) is 13.8. The molecule has 0 aromatic heterocycles. The van der Waals surface area contributed by atoms with Gasteiger partial charge in [0.05, 0.1) is 10.5 Å². The fourth-order valence-electron chi connectivity index (χ4n) is 2.12. The Morgan fingerprint density at radius 3 is 2.32 bits per heavy atom. The van der Waals surface area contributed by atoms with Crippen LogP contribution in [-0.4, -0.2) is 39.3 Å². The first-order valence-electron chi connectivity index (χ1n) is 7.46. The number of amides is 1. The predicted octanol–water partition coefficient (Wildman–Crippen LogP) is 2.19. The average Bonchev–Trinajstić information content (AvgIpc) is 2.56. The van der Waals surface area contributed by atoms with E-state index in [1.165, 1.54) is 26.2 Å². The second-order valence-corrected chi connectivity index (χ2v) is 7.71. The summed E-state index contributed by atoms with van der Waals surface area (Å²) in [4.78, 5) is 12.0. The molecule has 2 aromatic rings. The molecule has 0 aliphatic carbocycles. The van der Waals surface area contributed by atoms with Gasteiger partial charge in [-0.05, 0) is 42.3 Å². The van der Waals surface area contributed by atoms with E-state index in [2.05, 4.69) is 5.32 Å². The highest BCUT2D eigenvalue weighted by Gasteiger charge is 2.21. The van der Waals surface area contributed by atoms with Crippen LogP contribution in [0.1, 0.15) is 15.9 Å². The molecule has 5 nitrogen and oxygen atoms in total. The Labute approximate surface area is 145 Å². The Hall–Kier alpha value is -2.32. The number of sulfonamides is 1. The Balaban J connectivity index is 2.09. The van der Waals surface area contributed by atoms with Gasteiger partial charge < -0.3 is 5.32 Å². The SMILES string of the molecule is CN(C)S(=O)(=O)c1ccc(F)c(C(=O)NCCc2ccc(F)cc2)c1. The highest BCUT2D eigenvalue weighted by molar-refractivity contribution is 7.89. The molecule has 0 bridgehead atoms. The van der Waals surface area contributed by atoms with E-state index < -0.39 is 21.7 Å². The van der Waals surface area contributed by atoms with Crippen LogP contribution in [0, 0.1) is 11.6 Å². The van der Waals surface area contributed by atoms with Crippen LogP contribution >= 0.6 is 0 Å². The number of hydrogen-bond acceptors (Lipinski definition) is 3. The van der Waals surface area contributed by atoms with Gasteiger partial charge >= 0.3 is 0 Å². The number of hydrogen-bond donors (Lipinski definition) is 1. The van der Waals surface area contributed by atoms with Crippen molar-refractivity contribution in [1.82, 2.24) is 9.62 Å². The molecule has 0 fully saturated rings. The number of nitrogens with one attached hydrogen (secondary N) is 1. The van der Waals surface area contributed by atoms with E-state index in [0.717, 1.165) is 28.1 Å². The lowest BCUT2D eigenvalue weighted by Gasteiger charge is -2.13. The van der Waals surface area contributed by atoms with Crippen molar-refractivity contribution in [3.05, 3.63) is 65.2 Å². The molecule has 134 valence electrons. The summed E-state index contributed by atoms with van der Waals surface area (Å²) < 4.78 is 51.9. The summed E-state index contributed by atoms with van der Waals surface area (Å²) in [5, 5.41) is 2.53. The van der Waals surface area contributed by atoms with Gasteiger partial charge in [-0.2, -0.15) is 0 Å². The molecule has 2 rings (SSSR count). The van der Waals surface area contributed by atoms with Crippen LogP contribution in [0.5, 0.6) is 0 Å². The number of carbonyl (C=O) groups excluding carboxylic acids is 1. The summed E-state index contributed by atoms with van der Waals surface area (Å²) >= 11 is 0. The average molecular weight is 368 g/mol. The molecular weight excluding hydrogens is 350 g/mol. The highest BCUT2D eigenvalue weighted by atomic mass is 32.2. The molecule has 0 saturated carbocycles. The molecule has 2 aromatic carbocycles. The molecule has 0 aliphatic heterocycles. The third-order valence-electron chi connectivity index (χ3n) is 3.57. The van der Waals surface area contributed by atoms with E-state index in [1.54, 1.807) is 12.1 Å². The first kappa shape index (κ1) is 19.0. The predicted molar refractivity (Wildman–Crippen MR) is 89.7 cm³/mol. The van der Waals surface area contributed by atoms with Gasteiger partial charge in [0.15, 0.2) is 0 Å². The van der Waals surface area contributed by atoms with Gasteiger partial charge in [-0.25, -0.2) is 21.5 Å². The van der Waals surface area contributed by atoms with Crippen LogP contribution < -0.4 is 5.32 Å². The maximum absolute atomic E-state index is 13.9. The van der Waals surface area contributed by atoms with E-state index in [0.29, 0.717) is 6.42 Å². The molecule has 0 aliphatic rings. The van der Waals surface area contributed by atoms with Crippen LogP contribution in [0.4, 0.5) is 8.78 Å². The van der Waals surface area contributed by atoms with Crippen molar-refractivity contribution in [2.24, 2.45) is 0 Å². The second-order valence-electron chi connectivity index (χ2n) is 5.56. The van der Waals surface area contributed by atoms with E-state index in [9.17, 15) is 22.0 Å². The molecule has 0 radical (unpaired) electrons. The lowest BCUT2D eigenvalue weighted by atomic mass is 10.1. The van der Waals surface area contributed by atoms with Gasteiger partial charge in [-0.1, -0.05) is 12.1 Å². The monoisotopic (exact) mass is 368 g/mol. The molecule has 0 heterocycles. The first-order valence-corrected chi connectivity index (χ1v) is 8.90. The zero-order chi connectivity index (χ0) is 18.6. The molecular formula is C17H18F2N2O3S. The number of benzene rings is 2. The van der Waals surface area contributed by atoms with Gasteiger partial charge in [0.2, 0.25) is 10.0 Å². The minimum Gasteiger partial charge on any atom is -0.352 e. The van der Waals surface area contributed by atoms with E-state index in [-0.39, 0.29) is 22.8 Å². The van der Waals surface area contributed by atoms with Gasteiger partial charge in [0, 0.05) is 20.6 Å². The first-order chi connectivity index (χ1) is 11.7. The number of nitrogens with zero attached hydrogens (tertiary/aromatic N) is 1. The van der Waals surface area contributed by atoms with Gasteiger partial charge in [-0.15, -0.1) is 0 Å². The summed E-state index contributed by atoms with van der Waals surface area (Å²) in [6, 6.07) is 8.88. The topological polar surface area (TPSA) is 66.5 Å². The third kappa shape index (κ3) is 4.61. The van der Waals surface area contributed by atoms with Crippen molar-refractivity contribution in [1.29, 1.82) is 0 Å². The van der Waals surface area contributed by atoms with Crippen molar-refractivity contribution in [2.45, 2.75) is 11.3 Å². The second kappa shape index (κ2) is 7.71. The van der Waals surface area contributed by atoms with Gasteiger partial charge in [-0.3, -0.25) is 4.79 Å². The normalized spacial score (nSPS) is 11.6. The maximum atomic E-state index is 13.9. The summed E-state index contributed by atoms with van der Waals surface area (Å²) in [6.07, 6.45) is 0.434. The quantitative estimate of drug-likeness (QED) is 0.850. The van der Waals surface area contributed by atoms with Crippen molar-refractivity contribution in [3.8, 4) is 0 Å². The fraction of sp³-hybridized carbons (Fsp3) is 0.235. The van der Waals surface area contributed by atoms with Crippen molar-refractivity contribution >= 4 is 15.9 Å². The summed E-state index contributed by atoms with van der Waals surface area (Å²) in [5.74, 6) is -1.87. The Morgan fingerprint density at radius 2 is 1.72 bits per heavy atom. The van der Waals surface area contributed by atoms with Crippen LogP contribution in [-0.2, 0) is 16.4 Å². The van der Waals surface area contributed by atoms with Crippen LogP contribution in [0.3, 0.4) is 0 Å². The lowest BCUT2D eigenvalue weighted by Crippen LogP contribution is -2.27. The number of rotatable bonds is 6. The highest BCUT2D eigenvalue weighted by Crippen LogP contribution is 2.17. The van der Waals surface area contributed by atoms with Gasteiger partial charge in [0.25, 0.3) is 5.91 Å². The van der Waals surface area contributed by atoms with Crippen LogP contribution in [0.25, 0.3) is 0 Å². The molecule has 1 N–H and O–H groups in total. The van der Waals surface area contributed by atoms with E-state index >= 15 is 0 Å². The van der Waals surface area contributed by atoms with Crippen molar-refractivity contribution < 1.29 is 22.0 Å². The standard InChI is InChI=1S/C17H18F2N2O3S/c1-21(2)25(23,24)14-7-8-16(19)15(11-14)17(22)20-10-9-12-3-5-13(18)6-4-12/h3-8,11H,9-10H2,1-2H3,(H,20,22). The summed E-state index contributed by atoms with van der Waals surface area (Å²) in [5.41, 5.74) is 0.466. The van der Waals surface area contributed by atoms with Crippen molar-refractivity contribution in [2.75, 3.05) is 20.6 Å². The lowest BCUT2D eigenvalue weighted by molar-refractivity contribution is 0.0950. The zero-order valence-corrected chi connectivity index (χ0v) is 14.6. The van der Waals surface area contributed by atoms with Gasteiger partial charge in [0.1, 0.15) is 11.6 Å². The van der Waals surface area contributed by atoms with Crippen LogP contribution in [0.2, 0.25) is 0 Å². The van der Waals surface area contributed by atoms with Crippen LogP contribution in [0.15, 0.2) is 47.4 Å². The molecule has 25 heavy (non-hydrogen) atoms. The number of halogens is 2. The third-order valence-corrected chi connectivity index (χ3v) is 5.38. The van der Waals surface area contributed by atoms with Crippen molar-refractivity contribution in [3.63, 3.8) is 0 Å². The molecule has 1 amide bonds. The molecule has 8 heteroatoms. The Morgan fingerprint density at radius 1 is 1.08 bits per heavy atom. The smallest absolute Gasteiger partial charge is 0.254 e. The maximum Gasteiger partial charge on any atom is 0.254 e. The Bertz CT molecular complexity index is 866. The minimum atomic E-state index is -3.77. The molecule has 0 saturated heterocycles. The number of carbonyl (C=O) groups is 1. The van der Waals surface area contributed by atoms with E-state index in [4.69, 9.17) is 0 Å². The van der Waals surface area contributed by atoms with E-state index in [1.807, 2.05) is 0 Å².